The Labute approximate surface area is 154 Å². The lowest BCUT2D eigenvalue weighted by Gasteiger charge is -2.21. The van der Waals surface area contributed by atoms with Crippen molar-refractivity contribution in [3.8, 4) is 11.5 Å². The van der Waals surface area contributed by atoms with Gasteiger partial charge in [-0.05, 0) is 45.9 Å². The second-order valence-corrected chi connectivity index (χ2v) is 6.23. The monoisotopic (exact) mass is 358 g/mol. The van der Waals surface area contributed by atoms with Crippen LogP contribution in [-0.2, 0) is 6.61 Å². The Kier molecular flexibility index (Phi) is 6.44. The quantitative estimate of drug-likeness (QED) is 0.669. The van der Waals surface area contributed by atoms with E-state index >= 15 is 0 Å². The number of hydrogen-bond acceptors (Lipinski definition) is 5. The van der Waals surface area contributed by atoms with E-state index in [4.69, 9.17) is 14.0 Å². The van der Waals surface area contributed by atoms with Gasteiger partial charge in [-0.2, -0.15) is 0 Å². The summed E-state index contributed by atoms with van der Waals surface area (Å²) in [6.07, 6.45) is 0. The van der Waals surface area contributed by atoms with E-state index in [1.165, 1.54) is 0 Å². The third-order valence-corrected chi connectivity index (χ3v) is 4.09. The second-order valence-electron chi connectivity index (χ2n) is 6.23. The molecule has 0 N–H and O–H groups in total. The van der Waals surface area contributed by atoms with Crippen LogP contribution in [0, 0.1) is 13.8 Å². The molecule has 0 spiro atoms. The highest BCUT2D eigenvalue weighted by atomic mass is 16.5. The van der Waals surface area contributed by atoms with E-state index < -0.39 is 0 Å². The van der Waals surface area contributed by atoms with Gasteiger partial charge in [0.1, 0.15) is 12.4 Å². The van der Waals surface area contributed by atoms with Crippen LogP contribution in [-0.4, -0.2) is 36.2 Å². The Morgan fingerprint density at radius 1 is 1.31 bits per heavy atom. The maximum atomic E-state index is 12.7. The van der Waals surface area contributed by atoms with E-state index in [1.807, 2.05) is 27.7 Å². The molecule has 6 heteroatoms. The lowest BCUT2D eigenvalue weighted by molar-refractivity contribution is 0.0778. The van der Waals surface area contributed by atoms with Crippen molar-refractivity contribution in [3.05, 3.63) is 52.9 Å². The number of ether oxygens (including phenoxy) is 2. The van der Waals surface area contributed by atoms with Crippen molar-refractivity contribution in [2.75, 3.05) is 20.2 Å². The van der Waals surface area contributed by atoms with E-state index in [0.717, 1.165) is 22.6 Å². The Balaban J connectivity index is 2.18. The maximum absolute atomic E-state index is 12.7. The number of hydrogen-bond donors (Lipinski definition) is 0. The predicted octanol–water partition coefficient (Wildman–Crippen LogP) is 3.92. The van der Waals surface area contributed by atoms with Crippen LogP contribution in [0.25, 0.3) is 0 Å². The second kappa shape index (κ2) is 8.56. The van der Waals surface area contributed by atoms with Crippen molar-refractivity contribution in [3.63, 3.8) is 0 Å². The Morgan fingerprint density at radius 2 is 2.04 bits per heavy atom. The average Bonchev–Trinajstić information content (AvgIpc) is 2.95. The summed E-state index contributed by atoms with van der Waals surface area (Å²) in [6.45, 7) is 12.9. The predicted molar refractivity (Wildman–Crippen MR) is 99.7 cm³/mol. The molecule has 0 aliphatic rings. The molecule has 1 aromatic carbocycles. The van der Waals surface area contributed by atoms with Crippen molar-refractivity contribution in [2.24, 2.45) is 0 Å². The lowest BCUT2D eigenvalue weighted by atomic mass is 10.1. The first kappa shape index (κ1) is 19.6. The molecule has 0 aliphatic carbocycles. The fraction of sp³-hybridized carbons (Fsp3) is 0.400. The molecular weight excluding hydrogens is 332 g/mol. The van der Waals surface area contributed by atoms with E-state index in [2.05, 4.69) is 11.7 Å². The molecule has 1 amide bonds. The van der Waals surface area contributed by atoms with Crippen molar-refractivity contribution >= 4 is 5.91 Å². The van der Waals surface area contributed by atoms with Gasteiger partial charge in [0, 0.05) is 18.7 Å². The van der Waals surface area contributed by atoms with Crippen LogP contribution in [0.2, 0.25) is 0 Å². The van der Waals surface area contributed by atoms with Crippen LogP contribution < -0.4 is 9.47 Å². The van der Waals surface area contributed by atoms with E-state index in [-0.39, 0.29) is 5.91 Å². The molecule has 0 saturated heterocycles. The first-order valence-corrected chi connectivity index (χ1v) is 8.53. The highest BCUT2D eigenvalue weighted by Crippen LogP contribution is 2.30. The van der Waals surface area contributed by atoms with Crippen molar-refractivity contribution in [1.82, 2.24) is 10.1 Å². The third-order valence-electron chi connectivity index (χ3n) is 4.09. The van der Waals surface area contributed by atoms with E-state index in [0.29, 0.717) is 36.8 Å². The normalized spacial score (nSPS) is 10.5. The molecule has 2 rings (SSSR count). The molecule has 0 atom stereocenters. The van der Waals surface area contributed by atoms with Crippen LogP contribution in [0.3, 0.4) is 0 Å². The van der Waals surface area contributed by atoms with Crippen LogP contribution in [0.4, 0.5) is 0 Å². The summed E-state index contributed by atoms with van der Waals surface area (Å²) in [7, 11) is 1.55. The van der Waals surface area contributed by atoms with Gasteiger partial charge in [-0.15, -0.1) is 0 Å². The summed E-state index contributed by atoms with van der Waals surface area (Å²) >= 11 is 0. The molecule has 0 saturated carbocycles. The zero-order valence-electron chi connectivity index (χ0n) is 16.1. The van der Waals surface area contributed by atoms with Gasteiger partial charge in [0.05, 0.1) is 18.4 Å². The zero-order valence-corrected chi connectivity index (χ0v) is 16.1. The Bertz CT molecular complexity index is 776. The standard InChI is InChI=1S/C20H26N2O4/c1-7-22(11-13(2)3)20(23)16-8-9-18(19(10-16)24-6)25-12-17-14(4)21-26-15(17)5/h8-10H,2,7,11-12H2,1,3-6H3. The maximum Gasteiger partial charge on any atom is 0.254 e. The first-order valence-electron chi connectivity index (χ1n) is 8.53. The molecule has 0 unspecified atom stereocenters. The minimum absolute atomic E-state index is 0.0638. The fourth-order valence-corrected chi connectivity index (χ4v) is 2.61. The number of carbonyl (C=O) groups excluding carboxylic acids is 1. The summed E-state index contributed by atoms with van der Waals surface area (Å²) in [5.41, 5.74) is 3.19. The number of benzene rings is 1. The zero-order chi connectivity index (χ0) is 19.3. The number of methoxy groups -OCH3 is 1. The molecule has 2 aromatic rings. The Morgan fingerprint density at radius 3 is 2.58 bits per heavy atom. The van der Waals surface area contributed by atoms with Gasteiger partial charge in [0.25, 0.3) is 5.91 Å². The number of rotatable bonds is 8. The fourth-order valence-electron chi connectivity index (χ4n) is 2.61. The molecule has 26 heavy (non-hydrogen) atoms. The molecule has 0 radical (unpaired) electrons. The highest BCUT2D eigenvalue weighted by Gasteiger charge is 2.17. The highest BCUT2D eigenvalue weighted by molar-refractivity contribution is 5.95. The molecule has 0 aliphatic heterocycles. The topological polar surface area (TPSA) is 64.8 Å². The van der Waals surface area contributed by atoms with Crippen LogP contribution in [0.1, 0.15) is 41.2 Å². The molecule has 140 valence electrons. The van der Waals surface area contributed by atoms with Gasteiger partial charge in [-0.3, -0.25) is 4.79 Å². The molecule has 0 bridgehead atoms. The van der Waals surface area contributed by atoms with E-state index in [1.54, 1.807) is 30.2 Å². The Hall–Kier alpha value is -2.76. The molecule has 0 fully saturated rings. The van der Waals surface area contributed by atoms with Crippen LogP contribution in [0.5, 0.6) is 11.5 Å². The number of amides is 1. The number of carbonyl (C=O) groups is 1. The van der Waals surface area contributed by atoms with Gasteiger partial charge in [0.2, 0.25) is 0 Å². The summed E-state index contributed by atoms with van der Waals surface area (Å²) < 4.78 is 16.4. The SMILES string of the molecule is C=C(C)CN(CC)C(=O)c1ccc(OCc2c(C)noc2C)c(OC)c1. The minimum atomic E-state index is -0.0638. The van der Waals surface area contributed by atoms with Gasteiger partial charge in [-0.25, -0.2) is 0 Å². The molecular formula is C20H26N2O4. The van der Waals surface area contributed by atoms with Gasteiger partial charge >= 0.3 is 0 Å². The van der Waals surface area contributed by atoms with Crippen LogP contribution >= 0.6 is 0 Å². The number of aromatic nitrogens is 1. The number of aryl methyl sites for hydroxylation is 2. The summed E-state index contributed by atoms with van der Waals surface area (Å²) in [4.78, 5) is 14.4. The molecule has 6 nitrogen and oxygen atoms in total. The first-order chi connectivity index (χ1) is 12.4. The van der Waals surface area contributed by atoms with Gasteiger partial charge in [-0.1, -0.05) is 17.3 Å². The van der Waals surface area contributed by atoms with Gasteiger partial charge in [0.15, 0.2) is 11.5 Å². The van der Waals surface area contributed by atoms with Crippen molar-refractivity contribution < 1.29 is 18.8 Å². The summed E-state index contributed by atoms with van der Waals surface area (Å²) in [6, 6.07) is 5.19. The van der Waals surface area contributed by atoms with Gasteiger partial charge < -0.3 is 18.9 Å². The minimum Gasteiger partial charge on any atom is -0.493 e. The molecule has 1 aromatic heterocycles. The summed E-state index contributed by atoms with van der Waals surface area (Å²) in [5.74, 6) is 1.73. The van der Waals surface area contributed by atoms with Crippen molar-refractivity contribution in [2.45, 2.75) is 34.3 Å². The third kappa shape index (κ3) is 4.45. The smallest absolute Gasteiger partial charge is 0.254 e. The average molecular weight is 358 g/mol. The summed E-state index contributed by atoms with van der Waals surface area (Å²) in [5, 5.41) is 3.92. The van der Waals surface area contributed by atoms with E-state index in [9.17, 15) is 4.79 Å². The molecule has 1 heterocycles. The lowest BCUT2D eigenvalue weighted by Crippen LogP contribution is -2.32. The van der Waals surface area contributed by atoms with Crippen LogP contribution in [0.15, 0.2) is 34.9 Å². The number of nitrogens with zero attached hydrogens (tertiary/aromatic N) is 2. The van der Waals surface area contributed by atoms with Crippen molar-refractivity contribution in [1.29, 1.82) is 0 Å². The largest absolute Gasteiger partial charge is 0.493 e. The number of likely N-dealkylation sites (N-methyl/N-ethyl adjacent to an activating group) is 1.